The number of halogens is 3. The van der Waals surface area contributed by atoms with Crippen molar-refractivity contribution in [3.05, 3.63) is 63.8 Å². The lowest BCUT2D eigenvalue weighted by molar-refractivity contribution is 0.477. The quantitative estimate of drug-likeness (QED) is 0.552. The van der Waals surface area contributed by atoms with Crippen molar-refractivity contribution in [1.82, 2.24) is 0 Å². The SMILES string of the molecule is Oc1cc2ccccc2cc1-c1c(Br)ccc(Cl)c1F. The average molecular weight is 352 g/mol. The first-order valence-electron chi connectivity index (χ1n) is 5.93. The van der Waals surface area contributed by atoms with Gasteiger partial charge in [0.25, 0.3) is 0 Å². The first-order valence-corrected chi connectivity index (χ1v) is 7.10. The zero-order chi connectivity index (χ0) is 14.3. The molecule has 0 heterocycles. The summed E-state index contributed by atoms with van der Waals surface area (Å²) in [4.78, 5) is 0. The monoisotopic (exact) mass is 350 g/mol. The summed E-state index contributed by atoms with van der Waals surface area (Å²) >= 11 is 9.14. The number of phenols is 1. The van der Waals surface area contributed by atoms with Gasteiger partial charge in [-0.25, -0.2) is 4.39 Å². The van der Waals surface area contributed by atoms with Crippen LogP contribution in [0.4, 0.5) is 4.39 Å². The lowest BCUT2D eigenvalue weighted by atomic mass is 9.99. The number of benzene rings is 3. The second-order valence-electron chi connectivity index (χ2n) is 4.43. The molecule has 0 spiro atoms. The van der Waals surface area contributed by atoms with Crippen LogP contribution in [0.1, 0.15) is 0 Å². The van der Waals surface area contributed by atoms with E-state index in [2.05, 4.69) is 15.9 Å². The molecule has 3 rings (SSSR count). The Morgan fingerprint density at radius 2 is 1.65 bits per heavy atom. The van der Waals surface area contributed by atoms with Crippen LogP contribution in [-0.4, -0.2) is 5.11 Å². The Balaban J connectivity index is 2.35. The number of fused-ring (bicyclic) bond motifs is 1. The molecule has 3 aromatic rings. The molecule has 0 bridgehead atoms. The van der Waals surface area contributed by atoms with Crippen molar-refractivity contribution < 1.29 is 9.50 Å². The maximum absolute atomic E-state index is 14.3. The molecule has 3 aromatic carbocycles. The molecule has 0 aromatic heterocycles. The van der Waals surface area contributed by atoms with Gasteiger partial charge in [0.15, 0.2) is 5.82 Å². The zero-order valence-corrected chi connectivity index (χ0v) is 12.5. The van der Waals surface area contributed by atoms with Crippen molar-refractivity contribution in [1.29, 1.82) is 0 Å². The first kappa shape index (κ1) is 13.4. The summed E-state index contributed by atoms with van der Waals surface area (Å²) in [5.74, 6) is -0.530. The van der Waals surface area contributed by atoms with Crippen LogP contribution in [-0.2, 0) is 0 Å². The molecule has 0 aliphatic rings. The third-order valence-electron chi connectivity index (χ3n) is 3.18. The highest BCUT2D eigenvalue weighted by Crippen LogP contribution is 2.40. The second-order valence-corrected chi connectivity index (χ2v) is 5.70. The van der Waals surface area contributed by atoms with Gasteiger partial charge in [0.05, 0.1) is 5.02 Å². The van der Waals surface area contributed by atoms with Crippen molar-refractivity contribution in [3.8, 4) is 16.9 Å². The summed E-state index contributed by atoms with van der Waals surface area (Å²) < 4.78 is 14.8. The molecular formula is C16H9BrClFO. The molecule has 1 N–H and O–H groups in total. The summed E-state index contributed by atoms with van der Waals surface area (Å²) in [6.07, 6.45) is 0. The topological polar surface area (TPSA) is 20.2 Å². The fourth-order valence-corrected chi connectivity index (χ4v) is 2.88. The second kappa shape index (κ2) is 5.08. The standard InChI is InChI=1S/C16H9BrClFO/c17-12-5-6-13(18)16(19)15(12)11-7-9-3-1-2-4-10(9)8-14(11)20/h1-8,20H. The maximum atomic E-state index is 14.3. The number of hydrogen-bond donors (Lipinski definition) is 1. The maximum Gasteiger partial charge on any atom is 0.150 e. The smallest absolute Gasteiger partial charge is 0.150 e. The molecular weight excluding hydrogens is 343 g/mol. The minimum Gasteiger partial charge on any atom is -0.507 e. The predicted octanol–water partition coefficient (Wildman–Crippen LogP) is 5.77. The Bertz CT molecular complexity index is 817. The van der Waals surface area contributed by atoms with E-state index in [1.54, 1.807) is 18.2 Å². The van der Waals surface area contributed by atoms with Gasteiger partial charge in [-0.05, 0) is 35.0 Å². The molecule has 0 atom stereocenters. The Hall–Kier alpha value is -1.58. The molecule has 0 unspecified atom stereocenters. The highest BCUT2D eigenvalue weighted by Gasteiger charge is 2.16. The van der Waals surface area contributed by atoms with Gasteiger partial charge in [0, 0.05) is 15.6 Å². The van der Waals surface area contributed by atoms with Crippen LogP contribution in [0.3, 0.4) is 0 Å². The van der Waals surface area contributed by atoms with Gasteiger partial charge in [-0.1, -0.05) is 51.8 Å². The largest absolute Gasteiger partial charge is 0.507 e. The van der Waals surface area contributed by atoms with Crippen molar-refractivity contribution in [2.24, 2.45) is 0 Å². The van der Waals surface area contributed by atoms with Crippen molar-refractivity contribution >= 4 is 38.3 Å². The third kappa shape index (κ3) is 2.17. The summed E-state index contributed by atoms with van der Waals surface area (Å²) in [5.41, 5.74) is 0.677. The van der Waals surface area contributed by atoms with E-state index < -0.39 is 5.82 Å². The molecule has 1 nitrogen and oxygen atoms in total. The van der Waals surface area contributed by atoms with E-state index in [0.717, 1.165) is 10.8 Å². The zero-order valence-electron chi connectivity index (χ0n) is 10.2. The third-order valence-corrected chi connectivity index (χ3v) is 4.13. The average Bonchev–Trinajstić information content (AvgIpc) is 2.44. The predicted molar refractivity (Wildman–Crippen MR) is 83.7 cm³/mol. The van der Waals surface area contributed by atoms with Crippen molar-refractivity contribution in [2.45, 2.75) is 0 Å². The van der Waals surface area contributed by atoms with Crippen LogP contribution < -0.4 is 0 Å². The van der Waals surface area contributed by atoms with Crippen LogP contribution in [0.5, 0.6) is 5.75 Å². The van der Waals surface area contributed by atoms with E-state index in [9.17, 15) is 9.50 Å². The normalized spacial score (nSPS) is 10.9. The fraction of sp³-hybridized carbons (Fsp3) is 0. The minimum absolute atomic E-state index is 0.0190. The van der Waals surface area contributed by atoms with E-state index in [1.807, 2.05) is 24.3 Å². The summed E-state index contributed by atoms with van der Waals surface area (Å²) in [6, 6.07) is 14.1. The molecule has 4 heteroatoms. The Morgan fingerprint density at radius 1 is 1.00 bits per heavy atom. The van der Waals surface area contributed by atoms with Crippen LogP contribution in [0.15, 0.2) is 53.0 Å². The van der Waals surface area contributed by atoms with E-state index >= 15 is 0 Å². The first-order chi connectivity index (χ1) is 9.58. The number of aromatic hydroxyl groups is 1. The minimum atomic E-state index is -0.549. The van der Waals surface area contributed by atoms with Gasteiger partial charge in [-0.2, -0.15) is 0 Å². The van der Waals surface area contributed by atoms with Crippen LogP contribution in [0, 0.1) is 5.82 Å². The summed E-state index contributed by atoms with van der Waals surface area (Å²) in [7, 11) is 0. The Morgan fingerprint density at radius 3 is 2.35 bits per heavy atom. The van der Waals surface area contributed by atoms with E-state index in [0.29, 0.717) is 10.0 Å². The molecule has 0 saturated heterocycles. The lowest BCUT2D eigenvalue weighted by Gasteiger charge is -2.11. The Labute approximate surface area is 128 Å². The lowest BCUT2D eigenvalue weighted by Crippen LogP contribution is -1.89. The molecule has 100 valence electrons. The molecule has 0 aliphatic carbocycles. The van der Waals surface area contributed by atoms with Gasteiger partial charge in [0.2, 0.25) is 0 Å². The number of phenolic OH excluding ortho intramolecular Hbond substituents is 1. The van der Waals surface area contributed by atoms with Crippen molar-refractivity contribution in [2.75, 3.05) is 0 Å². The summed E-state index contributed by atoms with van der Waals surface area (Å²) in [5, 5.41) is 12.0. The van der Waals surface area contributed by atoms with Gasteiger partial charge < -0.3 is 5.11 Å². The van der Waals surface area contributed by atoms with Crippen LogP contribution in [0.2, 0.25) is 5.02 Å². The highest BCUT2D eigenvalue weighted by molar-refractivity contribution is 9.10. The molecule has 0 aliphatic heterocycles. The van der Waals surface area contributed by atoms with Gasteiger partial charge in [-0.15, -0.1) is 0 Å². The van der Waals surface area contributed by atoms with Gasteiger partial charge in [0.1, 0.15) is 5.75 Å². The van der Waals surface area contributed by atoms with E-state index in [-0.39, 0.29) is 16.3 Å². The number of rotatable bonds is 1. The molecule has 0 saturated carbocycles. The van der Waals surface area contributed by atoms with Gasteiger partial charge in [-0.3, -0.25) is 0 Å². The molecule has 0 radical (unpaired) electrons. The number of hydrogen-bond acceptors (Lipinski definition) is 1. The van der Waals surface area contributed by atoms with Gasteiger partial charge >= 0.3 is 0 Å². The van der Waals surface area contributed by atoms with Crippen LogP contribution in [0.25, 0.3) is 21.9 Å². The summed E-state index contributed by atoms with van der Waals surface area (Å²) in [6.45, 7) is 0. The van der Waals surface area contributed by atoms with Crippen LogP contribution >= 0.6 is 27.5 Å². The van der Waals surface area contributed by atoms with E-state index in [4.69, 9.17) is 11.6 Å². The van der Waals surface area contributed by atoms with Crippen molar-refractivity contribution in [3.63, 3.8) is 0 Å². The fourth-order valence-electron chi connectivity index (χ4n) is 2.20. The molecule has 0 amide bonds. The molecule has 20 heavy (non-hydrogen) atoms. The Kier molecular flexibility index (Phi) is 3.40. The molecule has 0 fully saturated rings. The van der Waals surface area contributed by atoms with E-state index in [1.165, 1.54) is 6.07 Å². The highest BCUT2D eigenvalue weighted by atomic mass is 79.9.